The summed E-state index contributed by atoms with van der Waals surface area (Å²) in [4.78, 5) is 0. The molecule has 1 atom stereocenters. The Labute approximate surface area is 124 Å². The molecule has 1 unspecified atom stereocenters. The lowest BCUT2D eigenvalue weighted by molar-refractivity contribution is 0.288. The Bertz CT molecular complexity index is 610. The summed E-state index contributed by atoms with van der Waals surface area (Å²) in [5.74, 6) is 0.271. The van der Waals surface area contributed by atoms with Gasteiger partial charge < -0.3 is 10.1 Å². The first kappa shape index (κ1) is 15.5. The molecule has 0 aliphatic rings. The van der Waals surface area contributed by atoms with Gasteiger partial charge in [0.05, 0.1) is 11.4 Å². The number of hydrogen-bond donors (Lipinski definition) is 1. The molecule has 0 bridgehead atoms. The minimum atomic E-state index is -0.295. The summed E-state index contributed by atoms with van der Waals surface area (Å²) in [5.41, 5.74) is 2.94. The first-order chi connectivity index (χ1) is 10.0. The average Bonchev–Trinajstić information content (AvgIpc) is 2.85. The molecule has 1 heterocycles. The SMILES string of the molecule is CCc1cc(COc2cc(F)ccc2C(C)NC)n(C)n1. The molecule has 0 amide bonds. The van der Waals surface area contributed by atoms with Crippen molar-refractivity contribution in [2.45, 2.75) is 32.9 Å². The van der Waals surface area contributed by atoms with Crippen molar-refractivity contribution in [2.75, 3.05) is 7.05 Å². The van der Waals surface area contributed by atoms with Crippen molar-refractivity contribution in [1.82, 2.24) is 15.1 Å². The molecule has 0 aliphatic heterocycles. The Morgan fingerprint density at radius 1 is 1.38 bits per heavy atom. The predicted molar refractivity (Wildman–Crippen MR) is 80.8 cm³/mol. The van der Waals surface area contributed by atoms with E-state index in [1.165, 1.54) is 12.1 Å². The normalized spacial score (nSPS) is 12.4. The molecule has 1 aromatic carbocycles. The third-order valence-corrected chi connectivity index (χ3v) is 3.64. The molecule has 5 heteroatoms. The van der Waals surface area contributed by atoms with E-state index in [0.29, 0.717) is 12.4 Å². The number of benzene rings is 1. The Morgan fingerprint density at radius 2 is 2.14 bits per heavy atom. The largest absolute Gasteiger partial charge is 0.487 e. The number of aromatic nitrogens is 2. The van der Waals surface area contributed by atoms with Gasteiger partial charge in [0.25, 0.3) is 0 Å². The van der Waals surface area contributed by atoms with Crippen LogP contribution in [0.25, 0.3) is 0 Å². The summed E-state index contributed by atoms with van der Waals surface area (Å²) in [6.45, 7) is 4.45. The highest BCUT2D eigenvalue weighted by Gasteiger charge is 2.12. The Balaban J connectivity index is 2.18. The maximum atomic E-state index is 13.5. The van der Waals surface area contributed by atoms with Crippen molar-refractivity contribution in [3.05, 3.63) is 47.0 Å². The molecule has 4 nitrogen and oxygen atoms in total. The van der Waals surface area contributed by atoms with Gasteiger partial charge in [0, 0.05) is 24.7 Å². The smallest absolute Gasteiger partial charge is 0.130 e. The zero-order valence-corrected chi connectivity index (χ0v) is 13.0. The highest BCUT2D eigenvalue weighted by Crippen LogP contribution is 2.26. The van der Waals surface area contributed by atoms with E-state index in [1.807, 2.05) is 27.1 Å². The molecule has 0 aliphatic carbocycles. The van der Waals surface area contributed by atoms with Crippen LogP contribution in [-0.4, -0.2) is 16.8 Å². The molecule has 1 N–H and O–H groups in total. The quantitative estimate of drug-likeness (QED) is 0.889. The topological polar surface area (TPSA) is 39.1 Å². The van der Waals surface area contributed by atoms with E-state index in [0.717, 1.165) is 23.4 Å². The molecule has 0 saturated heterocycles. The molecule has 0 fully saturated rings. The zero-order chi connectivity index (χ0) is 15.4. The number of halogens is 1. The summed E-state index contributed by atoms with van der Waals surface area (Å²) in [5, 5.41) is 7.53. The van der Waals surface area contributed by atoms with Gasteiger partial charge in [0.2, 0.25) is 0 Å². The van der Waals surface area contributed by atoms with Crippen molar-refractivity contribution in [2.24, 2.45) is 7.05 Å². The van der Waals surface area contributed by atoms with Crippen molar-refractivity contribution >= 4 is 0 Å². The molecule has 21 heavy (non-hydrogen) atoms. The van der Waals surface area contributed by atoms with E-state index in [-0.39, 0.29) is 11.9 Å². The molecule has 1 aromatic heterocycles. The van der Waals surface area contributed by atoms with Gasteiger partial charge in [-0.15, -0.1) is 0 Å². The van der Waals surface area contributed by atoms with E-state index in [2.05, 4.69) is 17.3 Å². The minimum absolute atomic E-state index is 0.0957. The predicted octanol–water partition coefficient (Wildman–Crippen LogP) is 2.98. The van der Waals surface area contributed by atoms with Crippen molar-refractivity contribution < 1.29 is 9.13 Å². The fraction of sp³-hybridized carbons (Fsp3) is 0.438. The lowest BCUT2D eigenvalue weighted by Crippen LogP contribution is -2.14. The number of nitrogens with zero attached hydrogens (tertiary/aromatic N) is 2. The standard InChI is InChI=1S/C16H22FN3O/c1-5-13-9-14(20(4)19-13)10-21-16-8-12(17)6-7-15(16)11(2)18-3/h6-9,11,18H,5,10H2,1-4H3. The van der Waals surface area contributed by atoms with Crippen molar-refractivity contribution in [3.63, 3.8) is 0 Å². The van der Waals surface area contributed by atoms with Crippen LogP contribution in [0.4, 0.5) is 4.39 Å². The lowest BCUT2D eigenvalue weighted by atomic mass is 10.1. The maximum absolute atomic E-state index is 13.5. The fourth-order valence-electron chi connectivity index (χ4n) is 2.18. The number of hydrogen-bond acceptors (Lipinski definition) is 3. The van der Waals surface area contributed by atoms with Crippen molar-refractivity contribution in [3.8, 4) is 5.75 Å². The van der Waals surface area contributed by atoms with Gasteiger partial charge in [0.1, 0.15) is 18.2 Å². The highest BCUT2D eigenvalue weighted by molar-refractivity contribution is 5.36. The molecule has 0 spiro atoms. The first-order valence-corrected chi connectivity index (χ1v) is 7.16. The number of nitrogens with one attached hydrogen (secondary N) is 1. The third kappa shape index (κ3) is 3.61. The Hall–Kier alpha value is -1.88. The Kier molecular flexibility index (Phi) is 4.96. The van der Waals surface area contributed by atoms with Gasteiger partial charge >= 0.3 is 0 Å². The zero-order valence-electron chi connectivity index (χ0n) is 13.0. The van der Waals surface area contributed by atoms with Gasteiger partial charge in [-0.2, -0.15) is 5.10 Å². The maximum Gasteiger partial charge on any atom is 0.130 e. The van der Waals surface area contributed by atoms with E-state index in [9.17, 15) is 4.39 Å². The first-order valence-electron chi connectivity index (χ1n) is 7.16. The molecular weight excluding hydrogens is 269 g/mol. The molecular formula is C16H22FN3O. The third-order valence-electron chi connectivity index (χ3n) is 3.64. The van der Waals surface area contributed by atoms with Crippen LogP contribution >= 0.6 is 0 Å². The average molecular weight is 291 g/mol. The summed E-state index contributed by atoms with van der Waals surface area (Å²) in [7, 11) is 3.76. The van der Waals surface area contributed by atoms with Crippen molar-refractivity contribution in [1.29, 1.82) is 0 Å². The van der Waals surface area contributed by atoms with Crippen LogP contribution in [-0.2, 0) is 20.1 Å². The van der Waals surface area contributed by atoms with Gasteiger partial charge in [-0.05, 0) is 32.5 Å². The summed E-state index contributed by atoms with van der Waals surface area (Å²) in [6, 6.07) is 6.75. The molecule has 0 radical (unpaired) electrons. The van der Waals surface area contributed by atoms with Crippen LogP contribution in [0.1, 0.15) is 36.8 Å². The van der Waals surface area contributed by atoms with Gasteiger partial charge in [-0.3, -0.25) is 4.68 Å². The monoisotopic (exact) mass is 291 g/mol. The minimum Gasteiger partial charge on any atom is -0.487 e. The van der Waals surface area contributed by atoms with Crippen LogP contribution in [0.3, 0.4) is 0 Å². The molecule has 2 aromatic rings. The van der Waals surface area contributed by atoms with Crippen LogP contribution in [0, 0.1) is 5.82 Å². The highest BCUT2D eigenvalue weighted by atomic mass is 19.1. The summed E-state index contributed by atoms with van der Waals surface area (Å²) < 4.78 is 21.1. The second kappa shape index (κ2) is 6.72. The van der Waals surface area contributed by atoms with Crippen LogP contribution < -0.4 is 10.1 Å². The van der Waals surface area contributed by atoms with E-state index in [4.69, 9.17) is 4.74 Å². The molecule has 0 saturated carbocycles. The van der Waals surface area contributed by atoms with E-state index >= 15 is 0 Å². The number of rotatable bonds is 6. The second-order valence-electron chi connectivity index (χ2n) is 5.09. The van der Waals surface area contributed by atoms with Gasteiger partial charge in [-0.25, -0.2) is 4.39 Å². The van der Waals surface area contributed by atoms with E-state index < -0.39 is 0 Å². The number of ether oxygens (including phenoxy) is 1. The van der Waals surface area contributed by atoms with Crippen LogP contribution in [0.15, 0.2) is 24.3 Å². The van der Waals surface area contributed by atoms with E-state index in [1.54, 1.807) is 10.7 Å². The van der Waals surface area contributed by atoms with Crippen LogP contribution in [0.5, 0.6) is 5.75 Å². The molecule has 114 valence electrons. The summed E-state index contributed by atoms with van der Waals surface area (Å²) in [6.07, 6.45) is 0.885. The fourth-order valence-corrected chi connectivity index (χ4v) is 2.18. The number of aryl methyl sites for hydroxylation is 2. The van der Waals surface area contributed by atoms with Gasteiger partial charge in [-0.1, -0.05) is 13.0 Å². The lowest BCUT2D eigenvalue weighted by Gasteiger charge is -2.16. The second-order valence-corrected chi connectivity index (χ2v) is 5.09. The van der Waals surface area contributed by atoms with Crippen LogP contribution in [0.2, 0.25) is 0 Å². The van der Waals surface area contributed by atoms with Gasteiger partial charge in [0.15, 0.2) is 0 Å². The summed E-state index contributed by atoms with van der Waals surface area (Å²) >= 11 is 0. The molecule has 2 rings (SSSR count). The Morgan fingerprint density at radius 3 is 2.76 bits per heavy atom.